The van der Waals surface area contributed by atoms with E-state index in [0.29, 0.717) is 0 Å². The number of hydrogen-bond donors (Lipinski definition) is 0. The van der Waals surface area contributed by atoms with Crippen molar-refractivity contribution in [1.29, 1.82) is 0 Å². The van der Waals surface area contributed by atoms with Gasteiger partial charge in [0.2, 0.25) is 0 Å². The number of nitrogens with zero attached hydrogens (tertiary/aromatic N) is 2. The predicted molar refractivity (Wildman–Crippen MR) is 109 cm³/mol. The van der Waals surface area contributed by atoms with Gasteiger partial charge in [-0.15, -0.1) is 11.3 Å². The summed E-state index contributed by atoms with van der Waals surface area (Å²) >= 11 is 5.27. The minimum Gasteiger partial charge on any atom is -0.496 e. The van der Waals surface area contributed by atoms with Gasteiger partial charge < -0.3 is 9.30 Å². The second kappa shape index (κ2) is 8.50. The molecule has 0 aliphatic carbocycles. The molecule has 0 bridgehead atoms. The molecule has 0 atom stereocenters. The van der Waals surface area contributed by atoms with Gasteiger partial charge in [-0.2, -0.15) is 0 Å². The number of thiazole rings is 1. The van der Waals surface area contributed by atoms with Crippen LogP contribution in [0.1, 0.15) is 19.8 Å². The van der Waals surface area contributed by atoms with E-state index in [-0.39, 0.29) is 0 Å². The molecule has 0 saturated heterocycles. The molecule has 0 N–H and O–H groups in total. The van der Waals surface area contributed by atoms with E-state index in [9.17, 15) is 0 Å². The number of methoxy groups -OCH3 is 1. The van der Waals surface area contributed by atoms with Gasteiger partial charge in [-0.05, 0) is 52.7 Å². The molecule has 0 aliphatic heterocycles. The van der Waals surface area contributed by atoms with Gasteiger partial charge in [0.1, 0.15) is 5.75 Å². The third-order valence-corrected chi connectivity index (χ3v) is 5.44. The maximum absolute atomic E-state index is 5.35. The molecule has 3 aromatic rings. The highest BCUT2D eigenvalue weighted by Gasteiger charge is 2.10. The van der Waals surface area contributed by atoms with Gasteiger partial charge in [-0.1, -0.05) is 31.5 Å². The van der Waals surface area contributed by atoms with Crippen molar-refractivity contribution in [2.24, 2.45) is 4.99 Å². The zero-order valence-corrected chi connectivity index (χ0v) is 16.8. The summed E-state index contributed by atoms with van der Waals surface area (Å²) in [5.74, 6) is 0.841. The molecule has 0 radical (unpaired) electrons. The summed E-state index contributed by atoms with van der Waals surface area (Å²) in [6.07, 6.45) is 2.28. The third kappa shape index (κ3) is 4.22. The van der Waals surface area contributed by atoms with Crippen molar-refractivity contribution in [1.82, 2.24) is 4.57 Å². The number of halogens is 1. The standard InChI is InChI=1S/C20H21BrN2OS/c1-3-4-12-23-18(15-10-11-19(24-2)17(21)13-15)14-25-20(23)22-16-8-6-5-7-9-16/h5-11,13-14H,3-4,12H2,1-2H3. The fourth-order valence-electron chi connectivity index (χ4n) is 2.62. The topological polar surface area (TPSA) is 26.5 Å². The SMILES string of the molecule is CCCCn1c(-c2ccc(OC)c(Br)c2)csc1=Nc1ccccc1. The molecule has 5 heteroatoms. The number of ether oxygens (including phenoxy) is 1. The molecule has 0 amide bonds. The lowest BCUT2D eigenvalue weighted by atomic mass is 10.1. The largest absolute Gasteiger partial charge is 0.496 e. The Morgan fingerprint density at radius 3 is 2.64 bits per heavy atom. The number of para-hydroxylation sites is 1. The molecule has 25 heavy (non-hydrogen) atoms. The van der Waals surface area contributed by atoms with Crippen LogP contribution in [0.5, 0.6) is 5.75 Å². The quantitative estimate of drug-likeness (QED) is 0.482. The first-order chi connectivity index (χ1) is 12.2. The van der Waals surface area contributed by atoms with Gasteiger partial charge >= 0.3 is 0 Å². The minimum absolute atomic E-state index is 0.841. The van der Waals surface area contributed by atoms with Gasteiger partial charge in [0, 0.05) is 17.5 Å². The van der Waals surface area contributed by atoms with E-state index in [1.54, 1.807) is 18.4 Å². The Morgan fingerprint density at radius 1 is 1.16 bits per heavy atom. The van der Waals surface area contributed by atoms with Crippen molar-refractivity contribution >= 4 is 33.0 Å². The van der Waals surface area contributed by atoms with Gasteiger partial charge in [-0.25, -0.2) is 4.99 Å². The van der Waals surface area contributed by atoms with Crippen LogP contribution in [-0.2, 0) is 6.54 Å². The van der Waals surface area contributed by atoms with Crippen LogP contribution in [0.4, 0.5) is 5.69 Å². The van der Waals surface area contributed by atoms with Crippen LogP contribution >= 0.6 is 27.3 Å². The summed E-state index contributed by atoms with van der Waals surface area (Å²) in [7, 11) is 1.68. The molecular formula is C20H21BrN2OS. The van der Waals surface area contributed by atoms with E-state index in [4.69, 9.17) is 9.73 Å². The minimum atomic E-state index is 0.841. The highest BCUT2D eigenvalue weighted by Crippen LogP contribution is 2.31. The van der Waals surface area contributed by atoms with Gasteiger partial charge in [-0.3, -0.25) is 0 Å². The van der Waals surface area contributed by atoms with Crippen molar-refractivity contribution < 1.29 is 4.74 Å². The first kappa shape index (κ1) is 18.0. The lowest BCUT2D eigenvalue weighted by Crippen LogP contribution is -2.15. The highest BCUT2D eigenvalue weighted by atomic mass is 79.9. The summed E-state index contributed by atoms with van der Waals surface area (Å²) in [6, 6.07) is 16.3. The molecule has 0 fully saturated rings. The second-order valence-electron chi connectivity index (χ2n) is 5.71. The maximum Gasteiger partial charge on any atom is 0.190 e. The van der Waals surface area contributed by atoms with Gasteiger partial charge in [0.15, 0.2) is 4.80 Å². The van der Waals surface area contributed by atoms with Crippen LogP contribution < -0.4 is 9.54 Å². The summed E-state index contributed by atoms with van der Waals surface area (Å²) in [5.41, 5.74) is 3.34. The fourth-order valence-corrected chi connectivity index (χ4v) is 4.12. The number of rotatable bonds is 6. The van der Waals surface area contributed by atoms with Crippen molar-refractivity contribution in [3.8, 4) is 17.0 Å². The Bertz CT molecular complexity index is 900. The normalized spacial score (nSPS) is 11.7. The van der Waals surface area contributed by atoms with Crippen molar-refractivity contribution in [2.75, 3.05) is 7.11 Å². The Morgan fingerprint density at radius 2 is 1.96 bits per heavy atom. The molecule has 130 valence electrons. The maximum atomic E-state index is 5.35. The molecule has 0 spiro atoms. The predicted octanol–water partition coefficient (Wildman–Crippen LogP) is 6.02. The van der Waals surface area contributed by atoms with Crippen molar-refractivity contribution in [3.05, 3.63) is 63.2 Å². The monoisotopic (exact) mass is 416 g/mol. The van der Waals surface area contributed by atoms with E-state index in [1.807, 2.05) is 36.4 Å². The van der Waals surface area contributed by atoms with E-state index >= 15 is 0 Å². The van der Waals surface area contributed by atoms with Gasteiger partial charge in [0.25, 0.3) is 0 Å². The summed E-state index contributed by atoms with van der Waals surface area (Å²) < 4.78 is 8.62. The molecule has 0 saturated carbocycles. The molecule has 0 aliphatic rings. The smallest absolute Gasteiger partial charge is 0.190 e. The van der Waals surface area contributed by atoms with E-state index in [2.05, 4.69) is 44.9 Å². The summed E-state index contributed by atoms with van der Waals surface area (Å²) in [6.45, 7) is 3.18. The van der Waals surface area contributed by atoms with Crippen LogP contribution in [0.15, 0.2) is 63.4 Å². The Kier molecular flexibility index (Phi) is 6.10. The molecular weight excluding hydrogens is 396 g/mol. The lowest BCUT2D eigenvalue weighted by molar-refractivity contribution is 0.412. The molecule has 1 heterocycles. The van der Waals surface area contributed by atoms with E-state index in [0.717, 1.165) is 45.7 Å². The van der Waals surface area contributed by atoms with Crippen molar-refractivity contribution in [3.63, 3.8) is 0 Å². The Hall–Kier alpha value is -1.85. The van der Waals surface area contributed by atoms with Crippen LogP contribution in [0.2, 0.25) is 0 Å². The lowest BCUT2D eigenvalue weighted by Gasteiger charge is -2.10. The van der Waals surface area contributed by atoms with Crippen LogP contribution in [0.25, 0.3) is 11.3 Å². The van der Waals surface area contributed by atoms with Crippen LogP contribution in [-0.4, -0.2) is 11.7 Å². The molecule has 2 aromatic carbocycles. The average Bonchev–Trinajstić information content (AvgIpc) is 3.03. The summed E-state index contributed by atoms with van der Waals surface area (Å²) in [4.78, 5) is 5.87. The van der Waals surface area contributed by atoms with Crippen LogP contribution in [0.3, 0.4) is 0 Å². The number of aromatic nitrogens is 1. The Balaban J connectivity index is 2.08. The zero-order chi connectivity index (χ0) is 17.6. The average molecular weight is 417 g/mol. The van der Waals surface area contributed by atoms with Gasteiger partial charge in [0.05, 0.1) is 23.0 Å². The fraction of sp³-hybridized carbons (Fsp3) is 0.250. The second-order valence-corrected chi connectivity index (χ2v) is 7.40. The number of benzene rings is 2. The van der Waals surface area contributed by atoms with Crippen LogP contribution in [0, 0.1) is 0 Å². The van der Waals surface area contributed by atoms with E-state index < -0.39 is 0 Å². The highest BCUT2D eigenvalue weighted by molar-refractivity contribution is 9.10. The number of hydrogen-bond acceptors (Lipinski definition) is 3. The molecule has 3 rings (SSSR count). The molecule has 3 nitrogen and oxygen atoms in total. The van der Waals surface area contributed by atoms with E-state index in [1.165, 1.54) is 5.69 Å². The molecule has 1 aromatic heterocycles. The first-order valence-electron chi connectivity index (χ1n) is 8.35. The zero-order valence-electron chi connectivity index (χ0n) is 14.4. The number of unbranched alkanes of at least 4 members (excludes halogenated alkanes) is 1. The third-order valence-electron chi connectivity index (χ3n) is 3.96. The first-order valence-corrected chi connectivity index (χ1v) is 10.0. The summed E-state index contributed by atoms with van der Waals surface area (Å²) in [5, 5.41) is 2.19. The Labute approximate surface area is 160 Å². The molecule has 0 unspecified atom stereocenters. The van der Waals surface area contributed by atoms with Crippen molar-refractivity contribution in [2.45, 2.75) is 26.3 Å².